The molecule has 26 heavy (non-hydrogen) atoms. The van der Waals surface area contributed by atoms with Crippen molar-refractivity contribution >= 4 is 21.8 Å². The van der Waals surface area contributed by atoms with Gasteiger partial charge in [0.1, 0.15) is 11.6 Å². The molecule has 3 rings (SSSR count). The molecule has 0 aliphatic carbocycles. The maximum absolute atomic E-state index is 12.2. The maximum atomic E-state index is 12.2. The molecule has 0 radical (unpaired) electrons. The van der Waals surface area contributed by atoms with Crippen LogP contribution in [0.5, 0.6) is 11.5 Å². The van der Waals surface area contributed by atoms with Crippen LogP contribution in [0.2, 0.25) is 0 Å². The average molecular weight is 414 g/mol. The summed E-state index contributed by atoms with van der Waals surface area (Å²) < 4.78 is 11.5. The average Bonchev–Trinajstić information content (AvgIpc) is 3.11. The lowest BCUT2D eigenvalue weighted by Crippen LogP contribution is -2.25. The van der Waals surface area contributed by atoms with Gasteiger partial charge < -0.3 is 20.1 Å². The quantitative estimate of drug-likeness (QED) is 0.561. The molecular formula is C19H16BrN3O3. The highest BCUT2D eigenvalue weighted by atomic mass is 79.9. The molecule has 1 heterocycles. The van der Waals surface area contributed by atoms with E-state index in [0.717, 1.165) is 15.6 Å². The number of halogens is 1. The van der Waals surface area contributed by atoms with E-state index in [-0.39, 0.29) is 12.4 Å². The fraction of sp³-hybridized carbons (Fsp3) is 0.158. The Morgan fingerprint density at radius 1 is 1.15 bits per heavy atom. The van der Waals surface area contributed by atoms with E-state index in [1.54, 1.807) is 6.07 Å². The minimum Gasteiger partial charge on any atom is -0.454 e. The van der Waals surface area contributed by atoms with E-state index in [9.17, 15) is 10.1 Å². The van der Waals surface area contributed by atoms with Crippen LogP contribution in [-0.2, 0) is 17.9 Å². The normalized spacial score (nSPS) is 12.4. The van der Waals surface area contributed by atoms with Crippen molar-refractivity contribution in [3.05, 3.63) is 69.8 Å². The lowest BCUT2D eigenvalue weighted by Gasteiger charge is -2.06. The molecule has 6 nitrogen and oxygen atoms in total. The van der Waals surface area contributed by atoms with E-state index in [0.29, 0.717) is 24.6 Å². The molecule has 7 heteroatoms. The summed E-state index contributed by atoms with van der Waals surface area (Å²) in [6.45, 7) is 1.01. The Bertz CT molecular complexity index is 890. The van der Waals surface area contributed by atoms with Crippen molar-refractivity contribution in [2.75, 3.05) is 6.79 Å². The van der Waals surface area contributed by atoms with Crippen LogP contribution in [0.15, 0.2) is 58.7 Å². The first kappa shape index (κ1) is 17.8. The largest absolute Gasteiger partial charge is 0.454 e. The van der Waals surface area contributed by atoms with Crippen LogP contribution >= 0.6 is 15.9 Å². The number of nitriles is 1. The molecule has 0 aromatic heterocycles. The zero-order valence-electron chi connectivity index (χ0n) is 13.8. The SMILES string of the molecule is N#C/C(=C/NCc1cccc(Br)c1)C(=O)NCc1ccc2c(c1)OCO2. The first-order chi connectivity index (χ1) is 12.7. The number of ether oxygens (including phenoxy) is 2. The molecule has 2 N–H and O–H groups in total. The summed E-state index contributed by atoms with van der Waals surface area (Å²) in [5, 5.41) is 14.9. The number of nitrogens with one attached hydrogen (secondary N) is 2. The first-order valence-electron chi connectivity index (χ1n) is 7.90. The Balaban J connectivity index is 1.54. The summed E-state index contributed by atoms with van der Waals surface area (Å²) in [5.74, 6) is 0.907. The topological polar surface area (TPSA) is 83.4 Å². The Hall–Kier alpha value is -2.98. The second-order valence-electron chi connectivity index (χ2n) is 5.55. The number of carbonyl (C=O) groups excluding carboxylic acids is 1. The molecule has 1 aliphatic heterocycles. The number of rotatable bonds is 6. The Kier molecular flexibility index (Phi) is 5.77. The highest BCUT2D eigenvalue weighted by molar-refractivity contribution is 9.10. The molecule has 0 unspecified atom stereocenters. The number of hydrogen-bond donors (Lipinski definition) is 2. The van der Waals surface area contributed by atoms with Crippen molar-refractivity contribution in [1.29, 1.82) is 5.26 Å². The third-order valence-corrected chi connectivity index (χ3v) is 4.19. The number of hydrogen-bond acceptors (Lipinski definition) is 5. The summed E-state index contributed by atoms with van der Waals surface area (Å²) in [5.41, 5.74) is 1.91. The molecule has 2 aromatic rings. The number of nitrogens with zero attached hydrogens (tertiary/aromatic N) is 1. The standard InChI is InChI=1S/C19H16BrN3O3/c20-16-3-1-2-13(6-16)9-22-11-15(8-21)19(24)23-10-14-4-5-17-18(7-14)26-12-25-17/h1-7,11,22H,9-10,12H2,(H,23,24)/b15-11-. The van der Waals surface area contributed by atoms with Gasteiger partial charge in [0.25, 0.3) is 5.91 Å². The van der Waals surface area contributed by atoms with E-state index in [1.807, 2.05) is 42.5 Å². The molecule has 1 amide bonds. The third kappa shape index (κ3) is 4.55. The predicted octanol–water partition coefficient (Wildman–Crippen LogP) is 2.99. The molecule has 0 saturated carbocycles. The molecule has 2 aromatic carbocycles. The van der Waals surface area contributed by atoms with Gasteiger partial charge in [-0.05, 0) is 35.4 Å². The molecule has 0 fully saturated rings. The minimum atomic E-state index is -0.438. The fourth-order valence-electron chi connectivity index (χ4n) is 2.39. The van der Waals surface area contributed by atoms with Crippen LogP contribution in [0.25, 0.3) is 0 Å². The number of fused-ring (bicyclic) bond motifs is 1. The Labute approximate surface area is 159 Å². The number of amides is 1. The minimum absolute atomic E-state index is 0.0146. The summed E-state index contributed by atoms with van der Waals surface area (Å²) in [6.07, 6.45) is 1.43. The monoisotopic (exact) mass is 413 g/mol. The van der Waals surface area contributed by atoms with E-state index in [4.69, 9.17) is 9.47 Å². The molecule has 0 spiro atoms. The van der Waals surface area contributed by atoms with Gasteiger partial charge in [-0.25, -0.2) is 0 Å². The van der Waals surface area contributed by atoms with Gasteiger partial charge in [-0.15, -0.1) is 0 Å². The molecular weight excluding hydrogens is 398 g/mol. The van der Waals surface area contributed by atoms with Crippen LogP contribution < -0.4 is 20.1 Å². The van der Waals surface area contributed by atoms with Gasteiger partial charge in [-0.1, -0.05) is 34.1 Å². The summed E-state index contributed by atoms with van der Waals surface area (Å²) >= 11 is 3.40. The van der Waals surface area contributed by atoms with Crippen LogP contribution in [-0.4, -0.2) is 12.7 Å². The van der Waals surface area contributed by atoms with Gasteiger partial charge in [0.05, 0.1) is 0 Å². The fourth-order valence-corrected chi connectivity index (χ4v) is 2.84. The lowest BCUT2D eigenvalue weighted by molar-refractivity contribution is -0.117. The molecule has 0 saturated heterocycles. The maximum Gasteiger partial charge on any atom is 0.263 e. The molecule has 0 atom stereocenters. The van der Waals surface area contributed by atoms with E-state index >= 15 is 0 Å². The molecule has 0 bridgehead atoms. The number of carbonyl (C=O) groups is 1. The predicted molar refractivity (Wildman–Crippen MR) is 99.1 cm³/mol. The summed E-state index contributed by atoms with van der Waals surface area (Å²) in [7, 11) is 0. The van der Waals surface area contributed by atoms with Gasteiger partial charge in [0.2, 0.25) is 6.79 Å². The van der Waals surface area contributed by atoms with Gasteiger partial charge in [0.15, 0.2) is 11.5 Å². The Morgan fingerprint density at radius 2 is 1.96 bits per heavy atom. The third-order valence-electron chi connectivity index (χ3n) is 3.70. The lowest BCUT2D eigenvalue weighted by atomic mass is 10.2. The summed E-state index contributed by atoms with van der Waals surface area (Å²) in [6, 6.07) is 15.1. The van der Waals surface area contributed by atoms with Gasteiger partial charge in [0, 0.05) is 23.8 Å². The second-order valence-corrected chi connectivity index (χ2v) is 6.47. The van der Waals surface area contributed by atoms with E-state index in [1.165, 1.54) is 6.20 Å². The zero-order valence-corrected chi connectivity index (χ0v) is 15.4. The van der Waals surface area contributed by atoms with Crippen LogP contribution in [0.1, 0.15) is 11.1 Å². The number of benzene rings is 2. The molecule has 132 valence electrons. The smallest absolute Gasteiger partial charge is 0.263 e. The van der Waals surface area contributed by atoms with Crippen LogP contribution in [0, 0.1) is 11.3 Å². The molecule has 1 aliphatic rings. The van der Waals surface area contributed by atoms with Crippen molar-refractivity contribution in [2.24, 2.45) is 0 Å². The Morgan fingerprint density at radius 3 is 2.77 bits per heavy atom. The van der Waals surface area contributed by atoms with Crippen molar-refractivity contribution in [1.82, 2.24) is 10.6 Å². The van der Waals surface area contributed by atoms with Gasteiger partial charge in [-0.3, -0.25) is 4.79 Å². The van der Waals surface area contributed by atoms with Crippen LogP contribution in [0.3, 0.4) is 0 Å². The van der Waals surface area contributed by atoms with E-state index < -0.39 is 5.91 Å². The van der Waals surface area contributed by atoms with Crippen molar-refractivity contribution in [3.63, 3.8) is 0 Å². The zero-order chi connectivity index (χ0) is 18.4. The van der Waals surface area contributed by atoms with Gasteiger partial charge in [-0.2, -0.15) is 5.26 Å². The second kappa shape index (κ2) is 8.41. The van der Waals surface area contributed by atoms with E-state index in [2.05, 4.69) is 26.6 Å². The van der Waals surface area contributed by atoms with Crippen molar-refractivity contribution < 1.29 is 14.3 Å². The summed E-state index contributed by atoms with van der Waals surface area (Å²) in [4.78, 5) is 12.2. The highest BCUT2D eigenvalue weighted by Crippen LogP contribution is 2.32. The van der Waals surface area contributed by atoms with Crippen molar-refractivity contribution in [3.8, 4) is 17.6 Å². The first-order valence-corrected chi connectivity index (χ1v) is 8.70. The van der Waals surface area contributed by atoms with Crippen LogP contribution in [0.4, 0.5) is 0 Å². The van der Waals surface area contributed by atoms with Crippen molar-refractivity contribution in [2.45, 2.75) is 13.1 Å². The van der Waals surface area contributed by atoms with Gasteiger partial charge >= 0.3 is 0 Å². The highest BCUT2D eigenvalue weighted by Gasteiger charge is 2.14.